The van der Waals surface area contributed by atoms with Gasteiger partial charge in [-0.2, -0.15) is 9.61 Å². The Morgan fingerprint density at radius 1 is 1.53 bits per heavy atom. The van der Waals surface area contributed by atoms with Gasteiger partial charge in [-0.1, -0.05) is 0 Å². The summed E-state index contributed by atoms with van der Waals surface area (Å²) in [4.78, 5) is 16.3. The molecule has 3 rings (SSSR count). The Kier molecular flexibility index (Phi) is 2.83. The van der Waals surface area contributed by atoms with Crippen LogP contribution in [0.1, 0.15) is 23.2 Å². The topological polar surface area (TPSA) is 91.5 Å². The average molecular weight is 261 g/mol. The molecular formula is C12H15N5O2. The quantitative estimate of drug-likeness (QED) is 0.724. The van der Waals surface area contributed by atoms with Crippen molar-refractivity contribution in [3.63, 3.8) is 0 Å². The second-order valence-corrected chi connectivity index (χ2v) is 4.60. The van der Waals surface area contributed by atoms with Gasteiger partial charge in [0.25, 0.3) is 5.91 Å². The highest BCUT2D eigenvalue weighted by Crippen LogP contribution is 2.20. The minimum atomic E-state index is -0.438. The van der Waals surface area contributed by atoms with Crippen LogP contribution in [-0.4, -0.2) is 44.8 Å². The van der Waals surface area contributed by atoms with Crippen molar-refractivity contribution in [2.45, 2.75) is 25.0 Å². The van der Waals surface area contributed by atoms with Gasteiger partial charge in [0.05, 0.1) is 18.3 Å². The highest BCUT2D eigenvalue weighted by atomic mass is 16.3. The molecule has 1 aliphatic carbocycles. The fourth-order valence-electron chi connectivity index (χ4n) is 2.14. The van der Waals surface area contributed by atoms with Crippen LogP contribution in [0.4, 0.5) is 5.82 Å². The molecule has 1 amide bonds. The Morgan fingerprint density at radius 2 is 2.37 bits per heavy atom. The van der Waals surface area contributed by atoms with E-state index >= 15 is 0 Å². The third-order valence-electron chi connectivity index (χ3n) is 3.46. The van der Waals surface area contributed by atoms with Crippen molar-refractivity contribution in [2.75, 3.05) is 12.4 Å². The number of aliphatic hydroxyl groups excluding tert-OH is 1. The van der Waals surface area contributed by atoms with Crippen LogP contribution in [0.3, 0.4) is 0 Å². The second-order valence-electron chi connectivity index (χ2n) is 4.60. The van der Waals surface area contributed by atoms with Gasteiger partial charge in [-0.15, -0.1) is 0 Å². The van der Waals surface area contributed by atoms with E-state index in [0.29, 0.717) is 11.2 Å². The molecule has 2 heterocycles. The van der Waals surface area contributed by atoms with Crippen LogP contribution in [0.25, 0.3) is 5.65 Å². The Balaban J connectivity index is 1.90. The Labute approximate surface area is 109 Å². The monoisotopic (exact) mass is 261 g/mol. The van der Waals surface area contributed by atoms with Gasteiger partial charge >= 0.3 is 0 Å². The molecule has 0 aliphatic heterocycles. The maximum atomic E-state index is 12.1. The van der Waals surface area contributed by atoms with Crippen molar-refractivity contribution in [3.05, 3.63) is 24.0 Å². The summed E-state index contributed by atoms with van der Waals surface area (Å²) in [7, 11) is 1.78. The molecular weight excluding hydrogens is 246 g/mol. The summed E-state index contributed by atoms with van der Waals surface area (Å²) in [5.41, 5.74) is 0.911. The first-order valence-electron chi connectivity index (χ1n) is 6.20. The highest BCUT2D eigenvalue weighted by molar-refractivity contribution is 6.00. The number of aromatic nitrogens is 3. The van der Waals surface area contributed by atoms with Crippen molar-refractivity contribution in [2.24, 2.45) is 0 Å². The SMILES string of the molecule is CNc1ccnc2c(C(=O)N[C@@H]3CC[C@H]3O)cnn12. The number of nitrogens with one attached hydrogen (secondary N) is 2. The smallest absolute Gasteiger partial charge is 0.257 e. The first-order valence-corrected chi connectivity index (χ1v) is 6.20. The van der Waals surface area contributed by atoms with Crippen molar-refractivity contribution in [1.29, 1.82) is 0 Å². The Hall–Kier alpha value is -2.15. The molecule has 2 aromatic heterocycles. The lowest BCUT2D eigenvalue weighted by atomic mass is 9.89. The zero-order chi connectivity index (χ0) is 13.4. The Bertz CT molecular complexity index is 624. The number of nitrogens with zero attached hydrogens (tertiary/aromatic N) is 3. The molecule has 100 valence electrons. The van der Waals surface area contributed by atoms with E-state index in [1.54, 1.807) is 23.8 Å². The summed E-state index contributed by atoms with van der Waals surface area (Å²) < 4.78 is 1.58. The van der Waals surface area contributed by atoms with E-state index in [-0.39, 0.29) is 11.9 Å². The van der Waals surface area contributed by atoms with Gasteiger partial charge in [0.2, 0.25) is 0 Å². The normalized spacial score (nSPS) is 22.0. The van der Waals surface area contributed by atoms with E-state index in [1.807, 2.05) is 0 Å². The first-order chi connectivity index (χ1) is 9.20. The van der Waals surface area contributed by atoms with E-state index in [1.165, 1.54) is 6.20 Å². The van der Waals surface area contributed by atoms with Gasteiger partial charge in [-0.05, 0) is 18.9 Å². The van der Waals surface area contributed by atoms with E-state index < -0.39 is 6.10 Å². The number of fused-ring (bicyclic) bond motifs is 1. The fraction of sp³-hybridized carbons (Fsp3) is 0.417. The molecule has 0 saturated heterocycles. The zero-order valence-electron chi connectivity index (χ0n) is 10.5. The first kappa shape index (κ1) is 11.9. The minimum absolute atomic E-state index is 0.157. The van der Waals surface area contributed by atoms with Crippen LogP contribution in [-0.2, 0) is 0 Å². The maximum Gasteiger partial charge on any atom is 0.257 e. The number of hydrogen-bond donors (Lipinski definition) is 3. The number of hydrogen-bond acceptors (Lipinski definition) is 5. The molecule has 0 spiro atoms. The van der Waals surface area contributed by atoms with Gasteiger partial charge in [-0.25, -0.2) is 4.98 Å². The summed E-state index contributed by atoms with van der Waals surface area (Å²) in [6, 6.07) is 1.62. The van der Waals surface area contributed by atoms with Crippen molar-refractivity contribution in [3.8, 4) is 0 Å². The molecule has 7 nitrogen and oxygen atoms in total. The summed E-state index contributed by atoms with van der Waals surface area (Å²) >= 11 is 0. The van der Waals surface area contributed by atoms with Crippen molar-refractivity contribution in [1.82, 2.24) is 19.9 Å². The molecule has 0 aromatic carbocycles. The molecule has 19 heavy (non-hydrogen) atoms. The van der Waals surface area contributed by atoms with Gasteiger partial charge in [0, 0.05) is 13.2 Å². The Morgan fingerprint density at radius 3 is 3.00 bits per heavy atom. The standard InChI is InChI=1S/C12H15N5O2/c1-13-10-4-5-14-11-7(6-15-17(10)11)12(19)16-8-2-3-9(8)18/h4-6,8-9,13,18H,2-3H2,1H3,(H,16,19)/t8-,9-/m1/s1. The van der Waals surface area contributed by atoms with Gasteiger partial charge in [0.15, 0.2) is 5.65 Å². The highest BCUT2D eigenvalue weighted by Gasteiger charge is 2.31. The van der Waals surface area contributed by atoms with E-state index in [0.717, 1.165) is 18.7 Å². The van der Waals surface area contributed by atoms with Gasteiger partial charge in [-0.3, -0.25) is 4.79 Å². The molecule has 1 fully saturated rings. The number of carbonyl (C=O) groups is 1. The number of carbonyl (C=O) groups excluding carboxylic acids is 1. The maximum absolute atomic E-state index is 12.1. The van der Waals surface area contributed by atoms with Crippen molar-refractivity contribution >= 4 is 17.4 Å². The van der Waals surface area contributed by atoms with Crippen LogP contribution in [0.15, 0.2) is 18.5 Å². The lowest BCUT2D eigenvalue weighted by Crippen LogP contribution is -2.50. The van der Waals surface area contributed by atoms with Gasteiger partial charge in [0.1, 0.15) is 11.4 Å². The van der Waals surface area contributed by atoms with E-state index in [4.69, 9.17) is 0 Å². The second kappa shape index (κ2) is 4.51. The predicted molar refractivity (Wildman–Crippen MR) is 69.0 cm³/mol. The molecule has 0 unspecified atom stereocenters. The molecule has 3 N–H and O–H groups in total. The summed E-state index contributed by atoms with van der Waals surface area (Å²) in [5.74, 6) is 0.507. The minimum Gasteiger partial charge on any atom is -0.391 e. The molecule has 0 radical (unpaired) electrons. The predicted octanol–water partition coefficient (Wildman–Crippen LogP) is 0.0241. The molecule has 2 atom stereocenters. The molecule has 2 aromatic rings. The van der Waals surface area contributed by atoms with Crippen LogP contribution in [0, 0.1) is 0 Å². The van der Waals surface area contributed by atoms with E-state index in [9.17, 15) is 9.90 Å². The average Bonchev–Trinajstić information content (AvgIpc) is 2.86. The fourth-order valence-corrected chi connectivity index (χ4v) is 2.14. The lowest BCUT2D eigenvalue weighted by Gasteiger charge is -2.32. The largest absolute Gasteiger partial charge is 0.391 e. The number of amides is 1. The van der Waals surface area contributed by atoms with Crippen molar-refractivity contribution < 1.29 is 9.90 Å². The molecule has 0 bridgehead atoms. The summed E-state index contributed by atoms with van der Waals surface area (Å²) in [6.07, 6.45) is 4.22. The molecule has 1 aliphatic rings. The number of rotatable bonds is 3. The lowest BCUT2D eigenvalue weighted by molar-refractivity contribution is 0.0448. The molecule has 1 saturated carbocycles. The molecule has 7 heteroatoms. The van der Waals surface area contributed by atoms with Crippen LogP contribution >= 0.6 is 0 Å². The third kappa shape index (κ3) is 1.91. The third-order valence-corrected chi connectivity index (χ3v) is 3.46. The van der Waals surface area contributed by atoms with E-state index in [2.05, 4.69) is 20.7 Å². The summed E-state index contributed by atoms with van der Waals surface area (Å²) in [6.45, 7) is 0. The number of anilines is 1. The van der Waals surface area contributed by atoms with Gasteiger partial charge < -0.3 is 15.7 Å². The van der Waals surface area contributed by atoms with Crippen LogP contribution < -0.4 is 10.6 Å². The zero-order valence-corrected chi connectivity index (χ0v) is 10.5. The summed E-state index contributed by atoms with van der Waals surface area (Å²) in [5, 5.41) is 19.4. The van der Waals surface area contributed by atoms with Crippen LogP contribution in [0.2, 0.25) is 0 Å². The number of aliphatic hydroxyl groups is 1. The van der Waals surface area contributed by atoms with Crippen LogP contribution in [0.5, 0.6) is 0 Å².